The Morgan fingerprint density at radius 2 is 1.64 bits per heavy atom. The molecule has 1 unspecified atom stereocenters. The molecule has 2 aliphatic rings. The third-order valence-electron chi connectivity index (χ3n) is 8.22. The molecule has 0 bridgehead atoms. The number of rotatable bonds is 9. The van der Waals surface area contributed by atoms with Gasteiger partial charge in [0.05, 0.1) is 27.8 Å². The SMILES string of the molecule is O=CC(OC1CCC(Nc2ccc([N+](=O)[O-])c(C(F)(F)F)c2)CC1)N1CCN(Cc2ccc3ccc(C(F)(F)F)cc3n2)CC1. The minimum Gasteiger partial charge on any atom is -0.382 e. The van der Waals surface area contributed by atoms with Gasteiger partial charge in [-0.2, -0.15) is 26.3 Å². The zero-order valence-electron chi connectivity index (χ0n) is 24.0. The summed E-state index contributed by atoms with van der Waals surface area (Å²) in [5.74, 6) is 0. The summed E-state index contributed by atoms with van der Waals surface area (Å²) in [6.45, 7) is 2.72. The van der Waals surface area contributed by atoms with Gasteiger partial charge in [-0.15, -0.1) is 0 Å². The van der Waals surface area contributed by atoms with Crippen LogP contribution < -0.4 is 5.32 Å². The highest BCUT2D eigenvalue weighted by molar-refractivity contribution is 5.79. The number of aldehydes is 1. The Morgan fingerprint density at radius 3 is 2.27 bits per heavy atom. The lowest BCUT2D eigenvalue weighted by atomic mass is 9.92. The van der Waals surface area contributed by atoms with Gasteiger partial charge >= 0.3 is 12.4 Å². The highest BCUT2D eigenvalue weighted by atomic mass is 19.4. The van der Waals surface area contributed by atoms with Crippen LogP contribution in [-0.4, -0.2) is 70.5 Å². The highest BCUT2D eigenvalue weighted by Gasteiger charge is 2.39. The summed E-state index contributed by atoms with van der Waals surface area (Å²) in [6.07, 6.45) is -7.24. The molecule has 1 atom stereocenters. The number of aromatic nitrogens is 1. The van der Waals surface area contributed by atoms with E-state index in [1.807, 2.05) is 4.90 Å². The van der Waals surface area contributed by atoms with Crippen LogP contribution in [0.5, 0.6) is 0 Å². The van der Waals surface area contributed by atoms with Gasteiger partial charge in [-0.25, -0.2) is 0 Å². The Labute approximate surface area is 254 Å². The van der Waals surface area contributed by atoms with Crippen molar-refractivity contribution in [1.82, 2.24) is 14.8 Å². The van der Waals surface area contributed by atoms with Crippen LogP contribution in [0.25, 0.3) is 10.9 Å². The molecule has 9 nitrogen and oxygen atoms in total. The molecule has 2 aromatic carbocycles. The number of hydrogen-bond acceptors (Lipinski definition) is 8. The molecule has 0 amide bonds. The van der Waals surface area contributed by atoms with Crippen molar-refractivity contribution in [2.45, 2.75) is 63.0 Å². The Bertz CT molecular complexity index is 1520. The number of nitrogens with one attached hydrogen (secondary N) is 1. The van der Waals surface area contributed by atoms with Gasteiger partial charge in [-0.3, -0.25) is 29.7 Å². The number of anilines is 1. The molecule has 1 N–H and O–H groups in total. The predicted molar refractivity (Wildman–Crippen MR) is 152 cm³/mol. The topological polar surface area (TPSA) is 101 Å². The summed E-state index contributed by atoms with van der Waals surface area (Å²) >= 11 is 0. The number of fused-ring (bicyclic) bond motifs is 1. The lowest BCUT2D eigenvalue weighted by Gasteiger charge is -2.39. The number of alkyl halides is 6. The predicted octanol–water partition coefficient (Wildman–Crippen LogP) is 6.26. The molecular weight excluding hydrogens is 608 g/mol. The van der Waals surface area contributed by atoms with Crippen molar-refractivity contribution < 1.29 is 40.8 Å². The monoisotopic (exact) mass is 639 g/mol. The molecule has 0 radical (unpaired) electrons. The van der Waals surface area contributed by atoms with Crippen LogP contribution in [0.4, 0.5) is 37.7 Å². The number of nitrogens with zero attached hydrogens (tertiary/aromatic N) is 4. The van der Waals surface area contributed by atoms with Gasteiger partial charge in [0.2, 0.25) is 0 Å². The summed E-state index contributed by atoms with van der Waals surface area (Å²) in [7, 11) is 0. The van der Waals surface area contributed by atoms with Crippen LogP contribution >= 0.6 is 0 Å². The van der Waals surface area contributed by atoms with E-state index in [1.165, 1.54) is 12.1 Å². The zero-order chi connectivity index (χ0) is 32.4. The van der Waals surface area contributed by atoms with E-state index in [0.29, 0.717) is 69.5 Å². The van der Waals surface area contributed by atoms with E-state index in [1.54, 1.807) is 12.1 Å². The Morgan fingerprint density at radius 1 is 0.956 bits per heavy atom. The first kappa shape index (κ1) is 32.6. The van der Waals surface area contributed by atoms with Crippen molar-refractivity contribution in [3.63, 3.8) is 0 Å². The summed E-state index contributed by atoms with van der Waals surface area (Å²) in [6, 6.07) is 9.74. The first-order chi connectivity index (χ1) is 21.3. The molecular formula is C30H31F6N5O4. The third kappa shape index (κ3) is 8.07. The maximum absolute atomic E-state index is 13.3. The number of benzene rings is 2. The first-order valence-electron chi connectivity index (χ1n) is 14.5. The molecule has 45 heavy (non-hydrogen) atoms. The average molecular weight is 640 g/mol. The molecule has 1 saturated carbocycles. The van der Waals surface area contributed by atoms with E-state index in [-0.39, 0.29) is 23.3 Å². The first-order valence-corrected chi connectivity index (χ1v) is 14.5. The zero-order valence-corrected chi connectivity index (χ0v) is 24.0. The largest absolute Gasteiger partial charge is 0.423 e. The normalized spacial score (nSPS) is 21.0. The summed E-state index contributed by atoms with van der Waals surface area (Å²) in [4.78, 5) is 30.4. The average Bonchev–Trinajstić information content (AvgIpc) is 3.00. The van der Waals surface area contributed by atoms with Crippen molar-refractivity contribution >= 4 is 28.6 Å². The molecule has 5 rings (SSSR count). The molecule has 1 aliphatic heterocycles. The van der Waals surface area contributed by atoms with E-state index in [9.17, 15) is 41.3 Å². The second-order valence-electron chi connectivity index (χ2n) is 11.3. The molecule has 1 aliphatic carbocycles. The van der Waals surface area contributed by atoms with Gasteiger partial charge in [0, 0.05) is 55.9 Å². The molecule has 1 aromatic heterocycles. The van der Waals surface area contributed by atoms with Gasteiger partial charge in [-0.1, -0.05) is 12.1 Å². The van der Waals surface area contributed by atoms with Gasteiger partial charge in [0.25, 0.3) is 5.69 Å². The van der Waals surface area contributed by atoms with Gasteiger partial charge in [-0.05, 0) is 56.0 Å². The van der Waals surface area contributed by atoms with Crippen LogP contribution in [-0.2, 0) is 28.4 Å². The molecule has 2 heterocycles. The van der Waals surface area contributed by atoms with E-state index in [2.05, 4.69) is 15.2 Å². The number of nitro groups is 1. The maximum atomic E-state index is 13.3. The van der Waals surface area contributed by atoms with Gasteiger partial charge in [0.15, 0.2) is 12.5 Å². The molecule has 15 heteroatoms. The van der Waals surface area contributed by atoms with Crippen LogP contribution in [0.2, 0.25) is 0 Å². The summed E-state index contributed by atoms with van der Waals surface area (Å²) < 4.78 is 85.4. The van der Waals surface area contributed by atoms with E-state index in [0.717, 1.165) is 30.6 Å². The number of carbonyl (C=O) groups is 1. The molecule has 1 saturated heterocycles. The van der Waals surface area contributed by atoms with Crippen LogP contribution in [0.15, 0.2) is 48.5 Å². The van der Waals surface area contributed by atoms with Crippen LogP contribution in [0, 0.1) is 10.1 Å². The highest BCUT2D eigenvalue weighted by Crippen LogP contribution is 2.38. The Kier molecular flexibility index (Phi) is 9.60. The van der Waals surface area contributed by atoms with Crippen LogP contribution in [0.3, 0.4) is 0 Å². The van der Waals surface area contributed by atoms with E-state index < -0.39 is 40.3 Å². The number of nitro benzene ring substituents is 1. The Hall–Kier alpha value is -3.82. The summed E-state index contributed by atoms with van der Waals surface area (Å²) in [5.41, 5.74) is -1.99. The number of pyridine rings is 1. The summed E-state index contributed by atoms with van der Waals surface area (Å²) in [5, 5.41) is 14.7. The number of halogens is 6. The maximum Gasteiger partial charge on any atom is 0.423 e. The minimum absolute atomic E-state index is 0.144. The number of hydrogen-bond donors (Lipinski definition) is 1. The number of ether oxygens (including phenoxy) is 1. The minimum atomic E-state index is -4.86. The number of piperazine rings is 1. The van der Waals surface area contributed by atoms with Crippen molar-refractivity contribution in [3.05, 3.63) is 75.5 Å². The Balaban J connectivity index is 1.10. The van der Waals surface area contributed by atoms with Gasteiger partial charge < -0.3 is 10.1 Å². The smallest absolute Gasteiger partial charge is 0.382 e. The number of carbonyl (C=O) groups excluding carboxylic acids is 1. The molecule has 3 aromatic rings. The van der Waals surface area contributed by atoms with Crippen molar-refractivity contribution in [2.75, 3.05) is 31.5 Å². The fourth-order valence-electron chi connectivity index (χ4n) is 5.82. The fourth-order valence-corrected chi connectivity index (χ4v) is 5.82. The fraction of sp³-hybridized carbons (Fsp3) is 0.467. The quantitative estimate of drug-likeness (QED) is 0.127. The third-order valence-corrected chi connectivity index (χ3v) is 8.22. The van der Waals surface area contributed by atoms with Gasteiger partial charge in [0.1, 0.15) is 5.56 Å². The van der Waals surface area contributed by atoms with E-state index >= 15 is 0 Å². The molecule has 242 valence electrons. The lowest BCUT2D eigenvalue weighted by molar-refractivity contribution is -0.388. The second-order valence-corrected chi connectivity index (χ2v) is 11.3. The van der Waals surface area contributed by atoms with Crippen LogP contribution in [0.1, 0.15) is 42.5 Å². The second kappa shape index (κ2) is 13.3. The van der Waals surface area contributed by atoms with Crippen molar-refractivity contribution in [2.24, 2.45) is 0 Å². The van der Waals surface area contributed by atoms with Crippen molar-refractivity contribution in [3.8, 4) is 0 Å². The standard InChI is InChI=1S/C30H31F6N5O4/c31-29(32,33)20-3-1-19-2-4-23(38-26(19)15-20)17-39-11-13-40(14-12-39)28(18-42)45-24-8-5-21(6-9-24)37-22-7-10-27(41(43)44)25(16-22)30(34,35)36/h1-4,7,10,15-16,18,21,24,28,37H,5-6,8-9,11-14,17H2. The molecule has 0 spiro atoms. The molecule has 2 fully saturated rings. The lowest BCUT2D eigenvalue weighted by Crippen LogP contribution is -2.52. The van der Waals surface area contributed by atoms with E-state index in [4.69, 9.17) is 4.74 Å². The van der Waals surface area contributed by atoms with Crippen molar-refractivity contribution in [1.29, 1.82) is 0 Å².